The number of fused-ring (bicyclic) bond motifs is 2. The van der Waals surface area contributed by atoms with Crippen LogP contribution in [0.5, 0.6) is 0 Å². The number of alkyl halides is 1. The first kappa shape index (κ1) is 13.6. The highest BCUT2D eigenvalue weighted by Crippen LogP contribution is 2.43. The van der Waals surface area contributed by atoms with Gasteiger partial charge in [0.15, 0.2) is 0 Å². The van der Waals surface area contributed by atoms with Gasteiger partial charge in [-0.1, -0.05) is 0 Å². The largest absolute Gasteiger partial charge is 0.444 e. The number of nitrogens with zero attached hydrogens (tertiary/aromatic N) is 1. The fourth-order valence-electron chi connectivity index (χ4n) is 3.03. The Bertz CT molecular complexity index is 326. The monoisotopic (exact) mass is 259 g/mol. The number of aliphatic hydroxyl groups excluding tert-OH is 1. The van der Waals surface area contributed by atoms with E-state index in [9.17, 15) is 9.18 Å². The van der Waals surface area contributed by atoms with Crippen molar-refractivity contribution in [3.8, 4) is 0 Å². The Labute approximate surface area is 107 Å². The zero-order valence-electron chi connectivity index (χ0n) is 11.3. The van der Waals surface area contributed by atoms with Crippen LogP contribution in [0.25, 0.3) is 0 Å². The molecule has 18 heavy (non-hydrogen) atoms. The van der Waals surface area contributed by atoms with E-state index in [4.69, 9.17) is 9.84 Å². The van der Waals surface area contributed by atoms with Crippen molar-refractivity contribution < 1.29 is 19.0 Å². The summed E-state index contributed by atoms with van der Waals surface area (Å²) in [7, 11) is 0. The number of aliphatic hydroxyl groups is 1. The average Bonchev–Trinajstić information content (AvgIpc) is 2.50. The third-order valence-corrected chi connectivity index (χ3v) is 3.71. The van der Waals surface area contributed by atoms with Crippen molar-refractivity contribution in [2.45, 2.75) is 69.8 Å². The molecule has 1 amide bonds. The molecular weight excluding hydrogens is 237 g/mol. The first-order valence-corrected chi connectivity index (χ1v) is 6.55. The van der Waals surface area contributed by atoms with Crippen LogP contribution in [-0.4, -0.2) is 46.1 Å². The van der Waals surface area contributed by atoms with Gasteiger partial charge >= 0.3 is 6.09 Å². The van der Waals surface area contributed by atoms with Gasteiger partial charge in [0.05, 0.1) is 6.61 Å². The van der Waals surface area contributed by atoms with E-state index < -0.39 is 17.9 Å². The van der Waals surface area contributed by atoms with E-state index >= 15 is 0 Å². The number of hydrogen-bond donors (Lipinski definition) is 1. The summed E-state index contributed by atoms with van der Waals surface area (Å²) < 4.78 is 19.6. The second kappa shape index (κ2) is 4.37. The van der Waals surface area contributed by atoms with Gasteiger partial charge < -0.3 is 14.7 Å². The third kappa shape index (κ3) is 2.60. The molecule has 0 saturated carbocycles. The van der Waals surface area contributed by atoms with Crippen LogP contribution in [0.4, 0.5) is 9.18 Å². The molecule has 2 aliphatic rings. The van der Waals surface area contributed by atoms with Crippen LogP contribution in [0, 0.1) is 0 Å². The number of hydrogen-bond acceptors (Lipinski definition) is 3. The van der Waals surface area contributed by atoms with Gasteiger partial charge in [0.2, 0.25) is 0 Å². The van der Waals surface area contributed by atoms with Crippen molar-refractivity contribution >= 4 is 6.09 Å². The Morgan fingerprint density at radius 1 is 1.39 bits per heavy atom. The highest BCUT2D eigenvalue weighted by Gasteiger charge is 2.51. The maximum Gasteiger partial charge on any atom is 0.410 e. The lowest BCUT2D eigenvalue weighted by atomic mass is 9.89. The number of carbonyl (C=O) groups is 1. The minimum Gasteiger partial charge on any atom is -0.444 e. The summed E-state index contributed by atoms with van der Waals surface area (Å²) in [4.78, 5) is 13.8. The summed E-state index contributed by atoms with van der Waals surface area (Å²) >= 11 is 0. The Morgan fingerprint density at radius 2 is 1.89 bits per heavy atom. The van der Waals surface area contributed by atoms with Crippen LogP contribution in [0.15, 0.2) is 0 Å². The number of carbonyl (C=O) groups excluding carboxylic acids is 1. The summed E-state index contributed by atoms with van der Waals surface area (Å²) in [5, 5.41) is 9.12. The van der Waals surface area contributed by atoms with E-state index in [1.165, 1.54) is 0 Å². The number of piperidine rings is 1. The molecule has 0 aromatic rings. The molecule has 0 aromatic heterocycles. The van der Waals surface area contributed by atoms with Crippen molar-refractivity contribution in [3.05, 3.63) is 0 Å². The molecule has 2 fully saturated rings. The molecule has 2 rings (SSSR count). The lowest BCUT2D eigenvalue weighted by Gasteiger charge is -2.41. The Hall–Kier alpha value is -0.840. The van der Waals surface area contributed by atoms with E-state index in [-0.39, 0.29) is 31.0 Å². The van der Waals surface area contributed by atoms with Gasteiger partial charge in [-0.3, -0.25) is 0 Å². The summed E-state index contributed by atoms with van der Waals surface area (Å²) in [5.41, 5.74) is -2.05. The Kier molecular flexibility index (Phi) is 3.30. The van der Waals surface area contributed by atoms with Crippen LogP contribution in [0.3, 0.4) is 0 Å². The van der Waals surface area contributed by atoms with Crippen molar-refractivity contribution in [2.75, 3.05) is 6.61 Å². The summed E-state index contributed by atoms with van der Waals surface area (Å²) in [6.07, 6.45) is 1.69. The normalized spacial score (nSPS) is 35.7. The number of ether oxygens (including phenoxy) is 1. The van der Waals surface area contributed by atoms with Gasteiger partial charge in [-0.05, 0) is 33.6 Å². The number of amides is 1. The molecule has 4 nitrogen and oxygen atoms in total. The smallest absolute Gasteiger partial charge is 0.410 e. The second-order valence-corrected chi connectivity index (χ2v) is 6.49. The van der Waals surface area contributed by atoms with Gasteiger partial charge in [-0.25, -0.2) is 9.18 Å². The zero-order valence-corrected chi connectivity index (χ0v) is 11.3. The topological polar surface area (TPSA) is 49.8 Å². The van der Waals surface area contributed by atoms with E-state index in [1.54, 1.807) is 4.90 Å². The average molecular weight is 259 g/mol. The van der Waals surface area contributed by atoms with Gasteiger partial charge in [-0.2, -0.15) is 0 Å². The maximum absolute atomic E-state index is 14.2. The van der Waals surface area contributed by atoms with Crippen molar-refractivity contribution in [1.82, 2.24) is 4.90 Å². The first-order valence-electron chi connectivity index (χ1n) is 6.55. The van der Waals surface area contributed by atoms with E-state index in [0.717, 1.165) is 12.8 Å². The van der Waals surface area contributed by atoms with Crippen LogP contribution >= 0.6 is 0 Å². The predicted molar refractivity (Wildman–Crippen MR) is 65.0 cm³/mol. The highest BCUT2D eigenvalue weighted by molar-refractivity contribution is 5.69. The molecule has 2 bridgehead atoms. The van der Waals surface area contributed by atoms with Crippen LogP contribution in [0.1, 0.15) is 46.5 Å². The van der Waals surface area contributed by atoms with Crippen molar-refractivity contribution in [3.63, 3.8) is 0 Å². The SMILES string of the molecule is CC(C)(C)OC(=O)N1C2CCC1CC(F)(CO)C2. The first-order chi connectivity index (χ1) is 8.24. The van der Waals surface area contributed by atoms with Crippen molar-refractivity contribution in [2.24, 2.45) is 0 Å². The van der Waals surface area contributed by atoms with Gasteiger partial charge in [0.1, 0.15) is 11.3 Å². The van der Waals surface area contributed by atoms with Crippen LogP contribution in [0.2, 0.25) is 0 Å². The van der Waals surface area contributed by atoms with Gasteiger partial charge in [0.25, 0.3) is 0 Å². The standard InChI is InChI=1S/C13H22FNO3/c1-12(2,3)18-11(17)15-9-4-5-10(15)7-13(14,6-9)8-16/h9-10,16H,4-8H2,1-3H3. The minimum absolute atomic E-state index is 0.129. The molecule has 2 heterocycles. The predicted octanol–water partition coefficient (Wildman–Crippen LogP) is 2.25. The Morgan fingerprint density at radius 3 is 2.28 bits per heavy atom. The molecule has 2 aliphatic heterocycles. The quantitative estimate of drug-likeness (QED) is 0.785. The van der Waals surface area contributed by atoms with Crippen LogP contribution in [-0.2, 0) is 4.74 Å². The minimum atomic E-state index is -1.52. The molecule has 1 N–H and O–H groups in total. The third-order valence-electron chi connectivity index (χ3n) is 3.71. The molecule has 2 atom stereocenters. The van der Waals surface area contributed by atoms with E-state index in [2.05, 4.69) is 0 Å². The van der Waals surface area contributed by atoms with E-state index in [1.807, 2.05) is 20.8 Å². The molecule has 104 valence electrons. The molecule has 0 aromatic carbocycles. The number of halogens is 1. The molecule has 0 spiro atoms. The summed E-state index contributed by atoms with van der Waals surface area (Å²) in [6.45, 7) is 5.01. The fraction of sp³-hybridized carbons (Fsp3) is 0.923. The highest BCUT2D eigenvalue weighted by atomic mass is 19.1. The summed E-state index contributed by atoms with van der Waals surface area (Å²) in [6, 6.07) is -0.258. The van der Waals surface area contributed by atoms with E-state index in [0.29, 0.717) is 0 Å². The molecular formula is C13H22FNO3. The maximum atomic E-state index is 14.2. The lowest BCUT2D eigenvalue weighted by Crippen LogP contribution is -2.53. The molecule has 0 aliphatic carbocycles. The van der Waals surface area contributed by atoms with Gasteiger partial charge in [0, 0.05) is 24.9 Å². The van der Waals surface area contributed by atoms with Crippen molar-refractivity contribution in [1.29, 1.82) is 0 Å². The molecule has 5 heteroatoms. The summed E-state index contributed by atoms with van der Waals surface area (Å²) in [5.74, 6) is 0. The zero-order chi connectivity index (χ0) is 13.6. The molecule has 2 saturated heterocycles. The second-order valence-electron chi connectivity index (χ2n) is 6.49. The lowest BCUT2D eigenvalue weighted by molar-refractivity contribution is -0.0391. The molecule has 2 unspecified atom stereocenters. The fourth-order valence-corrected chi connectivity index (χ4v) is 3.03. The van der Waals surface area contributed by atoms with Crippen LogP contribution < -0.4 is 0 Å². The molecule has 0 radical (unpaired) electrons. The number of rotatable bonds is 1. The Balaban J connectivity index is 2.07. The van der Waals surface area contributed by atoms with Gasteiger partial charge in [-0.15, -0.1) is 0 Å².